The van der Waals surface area contributed by atoms with Gasteiger partial charge in [0.2, 0.25) is 5.28 Å². The SMILES string of the molecule is Clc1nc(NCc2ccco2)c2ncsc2n1. The van der Waals surface area contributed by atoms with Crippen molar-refractivity contribution in [3.05, 3.63) is 35.0 Å². The number of nitrogens with zero attached hydrogens (tertiary/aromatic N) is 3. The number of halogens is 1. The van der Waals surface area contributed by atoms with E-state index < -0.39 is 0 Å². The largest absolute Gasteiger partial charge is 0.467 e. The van der Waals surface area contributed by atoms with Crippen molar-refractivity contribution in [2.45, 2.75) is 6.54 Å². The summed E-state index contributed by atoms with van der Waals surface area (Å²) in [6.07, 6.45) is 1.63. The van der Waals surface area contributed by atoms with E-state index in [0.29, 0.717) is 12.4 Å². The quantitative estimate of drug-likeness (QED) is 0.739. The maximum atomic E-state index is 5.83. The number of aromatic nitrogens is 3. The molecule has 0 bridgehead atoms. The molecule has 0 unspecified atom stereocenters. The standard InChI is InChI=1S/C10H7ClN4OS/c11-10-14-8(7-9(15-10)17-5-13-7)12-4-6-2-1-3-16-6/h1-3,5H,4H2,(H,12,14,15). The highest BCUT2D eigenvalue weighted by molar-refractivity contribution is 7.16. The molecule has 7 heteroatoms. The van der Waals surface area contributed by atoms with E-state index in [0.717, 1.165) is 16.1 Å². The van der Waals surface area contributed by atoms with Gasteiger partial charge >= 0.3 is 0 Å². The summed E-state index contributed by atoms with van der Waals surface area (Å²) in [5.41, 5.74) is 2.44. The van der Waals surface area contributed by atoms with Crippen molar-refractivity contribution in [3.63, 3.8) is 0 Å². The number of hydrogen-bond donors (Lipinski definition) is 1. The molecule has 0 saturated carbocycles. The smallest absolute Gasteiger partial charge is 0.225 e. The first-order valence-electron chi connectivity index (χ1n) is 4.86. The minimum absolute atomic E-state index is 0.212. The van der Waals surface area contributed by atoms with Crippen LogP contribution in [0.4, 0.5) is 5.82 Å². The van der Waals surface area contributed by atoms with E-state index in [-0.39, 0.29) is 5.28 Å². The van der Waals surface area contributed by atoms with Crippen LogP contribution < -0.4 is 5.32 Å². The zero-order valence-electron chi connectivity index (χ0n) is 8.55. The number of hydrogen-bond acceptors (Lipinski definition) is 6. The van der Waals surface area contributed by atoms with Crippen LogP contribution in [0.15, 0.2) is 28.3 Å². The molecule has 3 heterocycles. The second-order valence-corrected chi connectivity index (χ2v) is 4.45. The van der Waals surface area contributed by atoms with E-state index in [2.05, 4.69) is 20.3 Å². The highest BCUT2D eigenvalue weighted by Gasteiger charge is 2.09. The van der Waals surface area contributed by atoms with Gasteiger partial charge in [0, 0.05) is 0 Å². The van der Waals surface area contributed by atoms with Crippen LogP contribution in [-0.2, 0) is 6.54 Å². The van der Waals surface area contributed by atoms with E-state index >= 15 is 0 Å². The van der Waals surface area contributed by atoms with E-state index in [1.807, 2.05) is 12.1 Å². The predicted octanol–water partition coefficient (Wildman–Crippen LogP) is 2.94. The molecule has 3 aromatic rings. The van der Waals surface area contributed by atoms with Crippen molar-refractivity contribution in [1.29, 1.82) is 0 Å². The lowest BCUT2D eigenvalue weighted by Gasteiger charge is -2.04. The first-order chi connectivity index (χ1) is 8.33. The Balaban J connectivity index is 1.91. The average molecular weight is 267 g/mol. The van der Waals surface area contributed by atoms with E-state index in [1.165, 1.54) is 11.3 Å². The Morgan fingerprint density at radius 3 is 3.18 bits per heavy atom. The zero-order chi connectivity index (χ0) is 11.7. The third-order valence-electron chi connectivity index (χ3n) is 2.18. The summed E-state index contributed by atoms with van der Waals surface area (Å²) in [4.78, 5) is 13.2. The van der Waals surface area contributed by atoms with Gasteiger partial charge in [0.15, 0.2) is 10.6 Å². The molecule has 0 aliphatic carbocycles. The van der Waals surface area contributed by atoms with Gasteiger partial charge in [0.25, 0.3) is 0 Å². The van der Waals surface area contributed by atoms with E-state index in [4.69, 9.17) is 16.0 Å². The fourth-order valence-corrected chi connectivity index (χ4v) is 2.32. The topological polar surface area (TPSA) is 63.8 Å². The third-order valence-corrected chi connectivity index (χ3v) is 3.07. The first kappa shape index (κ1) is 10.5. The van der Waals surface area contributed by atoms with Crippen LogP contribution in [0.1, 0.15) is 5.76 Å². The van der Waals surface area contributed by atoms with Crippen molar-refractivity contribution in [2.24, 2.45) is 0 Å². The number of nitrogens with one attached hydrogen (secondary N) is 1. The van der Waals surface area contributed by atoms with Gasteiger partial charge in [-0.25, -0.2) is 9.97 Å². The summed E-state index contributed by atoms with van der Waals surface area (Å²) >= 11 is 7.26. The van der Waals surface area contributed by atoms with Crippen LogP contribution in [0.3, 0.4) is 0 Å². The molecule has 17 heavy (non-hydrogen) atoms. The Hall–Kier alpha value is -1.66. The Labute approximate surface area is 105 Å². The zero-order valence-corrected chi connectivity index (χ0v) is 10.1. The van der Waals surface area contributed by atoms with E-state index in [1.54, 1.807) is 11.8 Å². The van der Waals surface area contributed by atoms with Crippen molar-refractivity contribution in [3.8, 4) is 0 Å². The lowest BCUT2D eigenvalue weighted by molar-refractivity contribution is 0.518. The summed E-state index contributed by atoms with van der Waals surface area (Å²) < 4.78 is 5.22. The summed E-state index contributed by atoms with van der Waals surface area (Å²) in [5.74, 6) is 1.45. The highest BCUT2D eigenvalue weighted by atomic mass is 35.5. The summed E-state index contributed by atoms with van der Waals surface area (Å²) in [5, 5.41) is 3.34. The van der Waals surface area contributed by atoms with Gasteiger partial charge in [-0.15, -0.1) is 11.3 Å². The molecule has 0 saturated heterocycles. The molecule has 0 spiro atoms. The predicted molar refractivity (Wildman–Crippen MR) is 66.3 cm³/mol. The molecule has 0 aliphatic heterocycles. The fraction of sp³-hybridized carbons (Fsp3) is 0.100. The van der Waals surface area contributed by atoms with Crippen LogP contribution in [0.25, 0.3) is 10.3 Å². The lowest BCUT2D eigenvalue weighted by atomic mass is 10.4. The molecule has 5 nitrogen and oxygen atoms in total. The van der Waals surface area contributed by atoms with Crippen LogP contribution in [0.2, 0.25) is 5.28 Å². The Kier molecular flexibility index (Phi) is 2.66. The van der Waals surface area contributed by atoms with Crippen molar-refractivity contribution in [2.75, 3.05) is 5.32 Å². The second kappa shape index (κ2) is 4.31. The summed E-state index contributed by atoms with van der Waals surface area (Å²) in [7, 11) is 0. The van der Waals surface area contributed by atoms with E-state index in [9.17, 15) is 0 Å². The first-order valence-corrected chi connectivity index (χ1v) is 6.11. The highest BCUT2D eigenvalue weighted by Crippen LogP contribution is 2.24. The van der Waals surface area contributed by atoms with Crippen molar-refractivity contribution >= 4 is 39.1 Å². The number of rotatable bonds is 3. The molecule has 3 rings (SSSR count). The normalized spacial score (nSPS) is 10.9. The summed E-state index contributed by atoms with van der Waals surface area (Å²) in [6.45, 7) is 0.535. The van der Waals surface area contributed by atoms with Crippen molar-refractivity contribution < 1.29 is 4.42 Å². The summed E-state index contributed by atoms with van der Waals surface area (Å²) in [6, 6.07) is 3.72. The third kappa shape index (κ3) is 2.09. The van der Waals surface area contributed by atoms with Gasteiger partial charge in [-0.3, -0.25) is 0 Å². The van der Waals surface area contributed by atoms with Crippen LogP contribution in [0, 0.1) is 0 Å². The molecular formula is C10H7ClN4OS. The van der Waals surface area contributed by atoms with Gasteiger partial charge in [0.1, 0.15) is 11.3 Å². The molecule has 0 atom stereocenters. The maximum Gasteiger partial charge on any atom is 0.225 e. The molecule has 1 N–H and O–H groups in total. The molecule has 0 fully saturated rings. The average Bonchev–Trinajstić information content (AvgIpc) is 2.95. The minimum Gasteiger partial charge on any atom is -0.467 e. The van der Waals surface area contributed by atoms with Crippen LogP contribution in [-0.4, -0.2) is 15.0 Å². The second-order valence-electron chi connectivity index (χ2n) is 3.28. The van der Waals surface area contributed by atoms with Gasteiger partial charge < -0.3 is 9.73 Å². The van der Waals surface area contributed by atoms with Crippen LogP contribution in [0.5, 0.6) is 0 Å². The van der Waals surface area contributed by atoms with Crippen molar-refractivity contribution in [1.82, 2.24) is 15.0 Å². The number of thiazole rings is 1. The lowest BCUT2D eigenvalue weighted by Crippen LogP contribution is -2.02. The van der Waals surface area contributed by atoms with Gasteiger partial charge in [-0.2, -0.15) is 4.98 Å². The number of anilines is 1. The Morgan fingerprint density at radius 2 is 2.35 bits per heavy atom. The number of furan rings is 1. The molecule has 0 aliphatic rings. The molecule has 86 valence electrons. The van der Waals surface area contributed by atoms with Gasteiger partial charge in [0.05, 0.1) is 18.3 Å². The molecule has 0 aromatic carbocycles. The molecular weight excluding hydrogens is 260 g/mol. The van der Waals surface area contributed by atoms with Crippen LogP contribution >= 0.6 is 22.9 Å². The minimum atomic E-state index is 0.212. The Morgan fingerprint density at radius 1 is 1.41 bits per heavy atom. The molecule has 0 amide bonds. The molecule has 3 aromatic heterocycles. The van der Waals surface area contributed by atoms with Gasteiger partial charge in [-0.05, 0) is 23.7 Å². The maximum absolute atomic E-state index is 5.83. The van der Waals surface area contributed by atoms with Gasteiger partial charge in [-0.1, -0.05) is 0 Å². The molecule has 0 radical (unpaired) electrons. The number of fused-ring (bicyclic) bond motifs is 1. The monoisotopic (exact) mass is 266 g/mol. The fourth-order valence-electron chi connectivity index (χ4n) is 1.44. The Bertz CT molecular complexity index is 637.